The van der Waals surface area contributed by atoms with Crippen molar-refractivity contribution in [3.05, 3.63) is 0 Å². The third-order valence-corrected chi connectivity index (χ3v) is 7.31. The quantitative estimate of drug-likeness (QED) is 0.302. The first-order valence-corrected chi connectivity index (χ1v) is 11.9. The summed E-state index contributed by atoms with van der Waals surface area (Å²) in [6, 6.07) is 0. The zero-order chi connectivity index (χ0) is 12.9. The maximum atomic E-state index is 2.34. The van der Waals surface area contributed by atoms with E-state index in [1.165, 1.54) is 38.5 Å². The van der Waals surface area contributed by atoms with Crippen molar-refractivity contribution in [2.75, 3.05) is 0 Å². The van der Waals surface area contributed by atoms with Gasteiger partial charge in [-0.3, -0.25) is 0 Å². The Balaban J connectivity index is 2.94. The number of hydrogen-bond donors (Lipinski definition) is 0. The molecule has 0 amide bonds. The molecule has 0 saturated heterocycles. The molecular weight excluding hydrogens is 311 g/mol. The van der Waals surface area contributed by atoms with Gasteiger partial charge in [-0.15, -0.1) is 0 Å². The Bertz CT molecular complexity index is 124. The van der Waals surface area contributed by atoms with Crippen molar-refractivity contribution in [2.45, 2.75) is 87.9 Å². The second kappa shape index (κ2) is 13.2. The molecule has 0 aliphatic heterocycles. The summed E-state index contributed by atoms with van der Waals surface area (Å²) in [5.74, 6) is 1.83. The fourth-order valence-electron chi connectivity index (χ4n) is 2.08. The summed E-state index contributed by atoms with van der Waals surface area (Å²) in [6.45, 7) is 9.36. The molecule has 0 spiro atoms. The third-order valence-electron chi connectivity index (χ3n) is 3.27. The maximum absolute atomic E-state index is 2.34. The van der Waals surface area contributed by atoms with E-state index in [1.807, 2.05) is 0 Å². The Morgan fingerprint density at radius 1 is 0.588 bits per heavy atom. The summed E-state index contributed by atoms with van der Waals surface area (Å²) in [4.78, 5) is 0. The SMILES string of the molecule is CC(C)CCCC[CH2][Sn][CH2]CCCCC(C)C. The van der Waals surface area contributed by atoms with Gasteiger partial charge < -0.3 is 0 Å². The van der Waals surface area contributed by atoms with Crippen LogP contribution in [0.25, 0.3) is 0 Å². The minimum absolute atomic E-state index is 0.0570. The Morgan fingerprint density at radius 2 is 1.00 bits per heavy atom. The van der Waals surface area contributed by atoms with Gasteiger partial charge in [-0.1, -0.05) is 0 Å². The van der Waals surface area contributed by atoms with Crippen LogP contribution in [0.15, 0.2) is 0 Å². The average Bonchev–Trinajstić information content (AvgIpc) is 2.25. The molecule has 0 aliphatic rings. The average molecular weight is 345 g/mol. The molecule has 0 aromatic heterocycles. The molecule has 0 nitrogen and oxygen atoms in total. The molecule has 0 N–H and O–H groups in total. The van der Waals surface area contributed by atoms with Crippen LogP contribution in [-0.2, 0) is 0 Å². The van der Waals surface area contributed by atoms with Crippen molar-refractivity contribution in [1.82, 2.24) is 0 Å². The first kappa shape index (κ1) is 17.8. The van der Waals surface area contributed by atoms with Gasteiger partial charge in [0.2, 0.25) is 0 Å². The summed E-state index contributed by atoms with van der Waals surface area (Å²) >= 11 is 0.0570. The first-order valence-electron chi connectivity index (χ1n) is 7.83. The molecule has 0 aromatic carbocycles. The van der Waals surface area contributed by atoms with E-state index in [1.54, 1.807) is 21.7 Å². The van der Waals surface area contributed by atoms with Gasteiger partial charge in [0.15, 0.2) is 0 Å². The van der Waals surface area contributed by atoms with Crippen molar-refractivity contribution in [1.29, 1.82) is 0 Å². The van der Waals surface area contributed by atoms with E-state index in [0.29, 0.717) is 0 Å². The van der Waals surface area contributed by atoms with Crippen LogP contribution in [0.5, 0.6) is 0 Å². The van der Waals surface area contributed by atoms with Crippen LogP contribution in [0.1, 0.15) is 79.1 Å². The third kappa shape index (κ3) is 16.8. The normalized spacial score (nSPS) is 11.6. The van der Waals surface area contributed by atoms with Crippen LogP contribution >= 0.6 is 0 Å². The van der Waals surface area contributed by atoms with Gasteiger partial charge in [0.25, 0.3) is 0 Å². The summed E-state index contributed by atoms with van der Waals surface area (Å²) in [5, 5.41) is 0. The number of hydrogen-bond acceptors (Lipinski definition) is 0. The Morgan fingerprint density at radius 3 is 1.35 bits per heavy atom. The molecule has 0 heterocycles. The monoisotopic (exact) mass is 346 g/mol. The van der Waals surface area contributed by atoms with E-state index in [0.717, 1.165) is 11.8 Å². The van der Waals surface area contributed by atoms with E-state index in [-0.39, 0.29) is 21.1 Å². The summed E-state index contributed by atoms with van der Waals surface area (Å²) in [5.41, 5.74) is 0. The van der Waals surface area contributed by atoms with Gasteiger partial charge in [0.1, 0.15) is 0 Å². The van der Waals surface area contributed by atoms with Crippen LogP contribution < -0.4 is 0 Å². The van der Waals surface area contributed by atoms with Gasteiger partial charge in [-0.2, -0.15) is 0 Å². The second-order valence-corrected chi connectivity index (χ2v) is 10.5. The fraction of sp³-hybridized carbons (Fsp3) is 1.00. The molecule has 0 bridgehead atoms. The van der Waals surface area contributed by atoms with E-state index in [9.17, 15) is 0 Å². The molecule has 0 atom stereocenters. The molecule has 102 valence electrons. The topological polar surface area (TPSA) is 0 Å². The van der Waals surface area contributed by atoms with Crippen molar-refractivity contribution < 1.29 is 0 Å². The van der Waals surface area contributed by atoms with Gasteiger partial charge in [0, 0.05) is 0 Å². The summed E-state index contributed by atoms with van der Waals surface area (Å²) < 4.78 is 3.29. The molecule has 0 unspecified atom stereocenters. The molecule has 0 fully saturated rings. The van der Waals surface area contributed by atoms with Crippen molar-refractivity contribution in [3.63, 3.8) is 0 Å². The predicted octanol–water partition coefficient (Wildman–Crippen LogP) is 5.96. The molecule has 0 rings (SSSR count). The fourth-order valence-corrected chi connectivity index (χ4v) is 5.65. The second-order valence-electron chi connectivity index (χ2n) is 6.24. The van der Waals surface area contributed by atoms with Gasteiger partial charge in [0.05, 0.1) is 0 Å². The predicted molar refractivity (Wildman–Crippen MR) is 82.0 cm³/mol. The molecule has 17 heavy (non-hydrogen) atoms. The van der Waals surface area contributed by atoms with E-state index < -0.39 is 0 Å². The molecule has 2 radical (unpaired) electrons. The Kier molecular flexibility index (Phi) is 13.9. The van der Waals surface area contributed by atoms with Gasteiger partial charge in [-0.25, -0.2) is 0 Å². The zero-order valence-corrected chi connectivity index (χ0v) is 15.6. The Labute approximate surface area is 121 Å². The standard InChI is InChI=1S/2C8H17.Sn/c2*1-4-5-6-7-8(2)3;/h2*8H,1,4-7H2,2-3H3;. The van der Waals surface area contributed by atoms with Gasteiger partial charge >= 0.3 is 121 Å². The number of unbranched alkanes of at least 4 members (excludes halogenated alkanes) is 4. The van der Waals surface area contributed by atoms with Gasteiger partial charge in [-0.05, 0) is 0 Å². The van der Waals surface area contributed by atoms with Crippen LogP contribution in [0.3, 0.4) is 0 Å². The van der Waals surface area contributed by atoms with E-state index >= 15 is 0 Å². The van der Waals surface area contributed by atoms with Crippen molar-refractivity contribution in [2.24, 2.45) is 11.8 Å². The van der Waals surface area contributed by atoms with Crippen molar-refractivity contribution in [3.8, 4) is 0 Å². The Hall–Kier alpha value is 0.799. The summed E-state index contributed by atoms with van der Waals surface area (Å²) in [7, 11) is 0. The molecule has 0 aliphatic carbocycles. The minimum atomic E-state index is 0.0570. The van der Waals surface area contributed by atoms with Crippen LogP contribution in [0, 0.1) is 11.8 Å². The molecule has 1 heteroatoms. The van der Waals surface area contributed by atoms with E-state index in [4.69, 9.17) is 0 Å². The van der Waals surface area contributed by atoms with Crippen LogP contribution in [0.2, 0.25) is 8.87 Å². The summed E-state index contributed by atoms with van der Waals surface area (Å²) in [6.07, 6.45) is 12.0. The van der Waals surface area contributed by atoms with Crippen LogP contribution in [0.4, 0.5) is 0 Å². The molecular formula is C16H34Sn. The molecule has 0 aromatic rings. The molecule has 0 saturated carbocycles. The van der Waals surface area contributed by atoms with Crippen molar-refractivity contribution >= 4 is 21.1 Å². The van der Waals surface area contributed by atoms with E-state index in [2.05, 4.69) is 27.7 Å². The van der Waals surface area contributed by atoms with Crippen LogP contribution in [-0.4, -0.2) is 21.1 Å². The first-order chi connectivity index (χ1) is 8.13. The zero-order valence-electron chi connectivity index (χ0n) is 12.7. The number of rotatable bonds is 12.